The highest BCUT2D eigenvalue weighted by Crippen LogP contribution is 2.26. The minimum absolute atomic E-state index is 0.264. The van der Waals surface area contributed by atoms with Gasteiger partial charge in [-0.05, 0) is 42.2 Å². The van der Waals surface area contributed by atoms with Crippen LogP contribution in [0.4, 0.5) is 11.6 Å². The number of rotatable bonds is 4. The van der Waals surface area contributed by atoms with Gasteiger partial charge in [0.2, 0.25) is 5.95 Å². The zero-order valence-corrected chi connectivity index (χ0v) is 16.0. The molecule has 142 valence electrons. The van der Waals surface area contributed by atoms with Crippen molar-refractivity contribution in [1.82, 2.24) is 9.97 Å². The normalized spacial score (nSPS) is 13.0. The Morgan fingerprint density at radius 3 is 2.61 bits per heavy atom. The number of ether oxygens (including phenoxy) is 1. The maximum absolute atomic E-state index is 12.6. The summed E-state index contributed by atoms with van der Waals surface area (Å²) >= 11 is 0. The van der Waals surface area contributed by atoms with E-state index in [0.717, 1.165) is 25.1 Å². The van der Waals surface area contributed by atoms with Gasteiger partial charge in [0.05, 0.1) is 18.4 Å². The molecule has 1 aliphatic heterocycles. The molecule has 1 aliphatic rings. The summed E-state index contributed by atoms with van der Waals surface area (Å²) in [4.78, 5) is 23.6. The first-order valence-corrected chi connectivity index (χ1v) is 9.24. The molecule has 0 bridgehead atoms. The zero-order valence-electron chi connectivity index (χ0n) is 16.0. The summed E-state index contributed by atoms with van der Waals surface area (Å²) in [6, 6.07) is 14.1. The lowest BCUT2D eigenvalue weighted by molar-refractivity contribution is 0.102. The molecule has 6 nitrogen and oxygen atoms in total. The second kappa shape index (κ2) is 7.68. The van der Waals surface area contributed by atoms with Crippen LogP contribution in [0, 0.1) is 6.92 Å². The fourth-order valence-electron chi connectivity index (χ4n) is 3.38. The van der Waals surface area contributed by atoms with Crippen LogP contribution in [0.25, 0.3) is 0 Å². The van der Waals surface area contributed by atoms with Crippen LogP contribution in [0.1, 0.15) is 27.0 Å². The van der Waals surface area contributed by atoms with Gasteiger partial charge in [0.25, 0.3) is 5.91 Å². The summed E-state index contributed by atoms with van der Waals surface area (Å²) in [5.41, 5.74) is 4.74. The molecular formula is C22H22N4O2. The van der Waals surface area contributed by atoms with Gasteiger partial charge in [0.15, 0.2) is 0 Å². The van der Waals surface area contributed by atoms with Gasteiger partial charge in [0, 0.05) is 25.5 Å². The number of fused-ring (bicyclic) bond motifs is 1. The van der Waals surface area contributed by atoms with E-state index in [1.165, 1.54) is 11.1 Å². The van der Waals surface area contributed by atoms with Crippen LogP contribution in [0.15, 0.2) is 54.9 Å². The predicted molar refractivity (Wildman–Crippen MR) is 109 cm³/mol. The van der Waals surface area contributed by atoms with Crippen molar-refractivity contribution in [3.8, 4) is 5.75 Å². The molecule has 1 N–H and O–H groups in total. The van der Waals surface area contributed by atoms with Crippen molar-refractivity contribution in [3.05, 3.63) is 77.1 Å². The van der Waals surface area contributed by atoms with Crippen LogP contribution in [0.3, 0.4) is 0 Å². The SMILES string of the molecule is COc1ccc(C)cc1NC(=O)c1cnc(N2CCc3ccccc3C2)nc1. The lowest BCUT2D eigenvalue weighted by atomic mass is 10.0. The third kappa shape index (κ3) is 3.67. The molecule has 3 aromatic rings. The van der Waals surface area contributed by atoms with Crippen molar-refractivity contribution in [2.45, 2.75) is 19.9 Å². The first-order valence-electron chi connectivity index (χ1n) is 9.24. The maximum Gasteiger partial charge on any atom is 0.258 e. The Hall–Kier alpha value is -3.41. The predicted octanol–water partition coefficient (Wildman–Crippen LogP) is 3.61. The topological polar surface area (TPSA) is 67.3 Å². The van der Waals surface area contributed by atoms with Crippen molar-refractivity contribution >= 4 is 17.5 Å². The third-order valence-electron chi connectivity index (χ3n) is 4.92. The molecule has 0 saturated heterocycles. The summed E-state index contributed by atoms with van der Waals surface area (Å²) in [6.07, 6.45) is 4.11. The van der Waals surface area contributed by atoms with E-state index in [-0.39, 0.29) is 5.91 Å². The number of carbonyl (C=O) groups excluding carboxylic acids is 1. The van der Waals surface area contributed by atoms with E-state index in [1.54, 1.807) is 19.5 Å². The van der Waals surface area contributed by atoms with Gasteiger partial charge in [-0.15, -0.1) is 0 Å². The molecule has 0 saturated carbocycles. The molecule has 1 aromatic heterocycles. The Labute approximate surface area is 164 Å². The standard InChI is InChI=1S/C22H22N4O2/c1-15-7-8-20(28-2)19(11-15)25-21(27)18-12-23-22(24-13-18)26-10-9-16-5-3-4-6-17(16)14-26/h3-8,11-13H,9-10,14H2,1-2H3,(H,25,27). The van der Waals surface area contributed by atoms with Crippen LogP contribution in [0.2, 0.25) is 0 Å². The number of hydrogen-bond donors (Lipinski definition) is 1. The monoisotopic (exact) mass is 374 g/mol. The quantitative estimate of drug-likeness (QED) is 0.756. The smallest absolute Gasteiger partial charge is 0.258 e. The lowest BCUT2D eigenvalue weighted by Gasteiger charge is -2.28. The maximum atomic E-state index is 12.6. The molecule has 6 heteroatoms. The molecule has 0 atom stereocenters. The number of carbonyl (C=O) groups is 1. The molecule has 0 unspecified atom stereocenters. The molecule has 1 amide bonds. The number of methoxy groups -OCH3 is 1. The summed E-state index contributed by atoms with van der Waals surface area (Å²) in [7, 11) is 1.58. The highest BCUT2D eigenvalue weighted by Gasteiger charge is 2.18. The molecular weight excluding hydrogens is 352 g/mol. The van der Waals surface area contributed by atoms with Crippen molar-refractivity contribution in [2.24, 2.45) is 0 Å². The van der Waals surface area contributed by atoms with Crippen LogP contribution in [0.5, 0.6) is 5.75 Å². The van der Waals surface area contributed by atoms with E-state index in [0.29, 0.717) is 22.9 Å². The Bertz CT molecular complexity index is 1000. The number of hydrogen-bond acceptors (Lipinski definition) is 5. The van der Waals surface area contributed by atoms with Gasteiger partial charge in [-0.2, -0.15) is 0 Å². The highest BCUT2D eigenvalue weighted by atomic mass is 16.5. The summed E-state index contributed by atoms with van der Waals surface area (Å²) in [6.45, 7) is 3.61. The molecule has 0 fully saturated rings. The number of nitrogens with zero attached hydrogens (tertiary/aromatic N) is 3. The van der Waals surface area contributed by atoms with Crippen molar-refractivity contribution in [2.75, 3.05) is 23.9 Å². The van der Waals surface area contributed by atoms with E-state index < -0.39 is 0 Å². The Morgan fingerprint density at radius 1 is 1.11 bits per heavy atom. The fraction of sp³-hybridized carbons (Fsp3) is 0.227. The molecule has 0 radical (unpaired) electrons. The van der Waals surface area contributed by atoms with E-state index in [4.69, 9.17) is 4.74 Å². The average Bonchev–Trinajstić information content (AvgIpc) is 2.73. The van der Waals surface area contributed by atoms with Crippen LogP contribution in [-0.2, 0) is 13.0 Å². The molecule has 4 rings (SSSR count). The van der Waals surface area contributed by atoms with Crippen molar-refractivity contribution in [1.29, 1.82) is 0 Å². The summed E-state index contributed by atoms with van der Waals surface area (Å²) < 4.78 is 5.31. The van der Waals surface area contributed by atoms with Crippen molar-refractivity contribution < 1.29 is 9.53 Å². The van der Waals surface area contributed by atoms with Gasteiger partial charge >= 0.3 is 0 Å². The lowest BCUT2D eigenvalue weighted by Crippen LogP contribution is -2.31. The van der Waals surface area contributed by atoms with Crippen LogP contribution >= 0.6 is 0 Å². The average molecular weight is 374 g/mol. The first-order chi connectivity index (χ1) is 13.6. The Balaban J connectivity index is 1.48. The second-order valence-corrected chi connectivity index (χ2v) is 6.87. The van der Waals surface area contributed by atoms with Gasteiger partial charge < -0.3 is 15.0 Å². The molecule has 0 aliphatic carbocycles. The number of benzene rings is 2. The zero-order chi connectivity index (χ0) is 19.5. The van der Waals surface area contributed by atoms with Crippen molar-refractivity contribution in [3.63, 3.8) is 0 Å². The first kappa shape index (κ1) is 18.0. The van der Waals surface area contributed by atoms with Gasteiger partial charge in [-0.3, -0.25) is 4.79 Å². The third-order valence-corrected chi connectivity index (χ3v) is 4.92. The largest absolute Gasteiger partial charge is 0.495 e. The van der Waals surface area contributed by atoms with Crippen LogP contribution < -0.4 is 15.0 Å². The molecule has 28 heavy (non-hydrogen) atoms. The molecule has 2 aromatic carbocycles. The Kier molecular flexibility index (Phi) is 4.93. The fourth-order valence-corrected chi connectivity index (χ4v) is 3.38. The summed E-state index contributed by atoms with van der Waals surface area (Å²) in [5.74, 6) is 0.988. The van der Waals surface area contributed by atoms with Gasteiger partial charge in [0.1, 0.15) is 5.75 Å². The van der Waals surface area contributed by atoms with E-state index in [9.17, 15) is 4.79 Å². The molecule has 2 heterocycles. The minimum Gasteiger partial charge on any atom is -0.495 e. The van der Waals surface area contributed by atoms with Gasteiger partial charge in [-0.25, -0.2) is 9.97 Å². The number of amides is 1. The summed E-state index contributed by atoms with van der Waals surface area (Å²) in [5, 5.41) is 2.87. The van der Waals surface area contributed by atoms with E-state index in [1.807, 2.05) is 25.1 Å². The molecule has 0 spiro atoms. The number of aryl methyl sites for hydroxylation is 1. The highest BCUT2D eigenvalue weighted by molar-refractivity contribution is 6.04. The van der Waals surface area contributed by atoms with E-state index >= 15 is 0 Å². The van der Waals surface area contributed by atoms with Crippen LogP contribution in [-0.4, -0.2) is 29.5 Å². The van der Waals surface area contributed by atoms with Gasteiger partial charge in [-0.1, -0.05) is 30.3 Å². The number of nitrogens with one attached hydrogen (secondary N) is 1. The number of anilines is 2. The second-order valence-electron chi connectivity index (χ2n) is 6.87. The Morgan fingerprint density at radius 2 is 1.86 bits per heavy atom. The minimum atomic E-state index is -0.264. The number of aromatic nitrogens is 2. The van der Waals surface area contributed by atoms with E-state index in [2.05, 4.69) is 44.5 Å².